The van der Waals surface area contributed by atoms with Crippen molar-refractivity contribution in [1.29, 1.82) is 0 Å². The molecule has 0 aliphatic carbocycles. The Morgan fingerprint density at radius 2 is 1.83 bits per heavy atom. The minimum absolute atomic E-state index is 0.0405. The van der Waals surface area contributed by atoms with E-state index in [-0.39, 0.29) is 12.4 Å². The Morgan fingerprint density at radius 3 is 2.62 bits per heavy atom. The van der Waals surface area contributed by atoms with Crippen LogP contribution in [0, 0.1) is 0 Å². The van der Waals surface area contributed by atoms with Crippen molar-refractivity contribution in [3.63, 3.8) is 0 Å². The van der Waals surface area contributed by atoms with Gasteiger partial charge in [0.2, 0.25) is 0 Å². The Balaban J connectivity index is 1.36. The predicted molar refractivity (Wildman–Crippen MR) is 91.9 cm³/mol. The maximum absolute atomic E-state index is 5.74. The van der Waals surface area contributed by atoms with Gasteiger partial charge in [0, 0.05) is 6.61 Å². The summed E-state index contributed by atoms with van der Waals surface area (Å²) in [6.07, 6.45) is 3.34. The quantitative estimate of drug-likeness (QED) is 0.548. The van der Waals surface area contributed by atoms with E-state index in [4.69, 9.17) is 23.7 Å². The molecular weight excluding hydrogens is 308 g/mol. The topological polar surface area (TPSA) is 46.2 Å². The molecule has 5 nitrogen and oxygen atoms in total. The van der Waals surface area contributed by atoms with Crippen LogP contribution in [-0.4, -0.2) is 52.0 Å². The monoisotopic (exact) mass is 338 g/mol. The molecule has 0 N–H and O–H groups in total. The van der Waals surface area contributed by atoms with Crippen molar-refractivity contribution < 1.29 is 23.7 Å². The van der Waals surface area contributed by atoms with Gasteiger partial charge < -0.3 is 23.7 Å². The molecule has 1 heterocycles. The maximum Gasteiger partial charge on any atom is 0.157 e. The molecule has 1 aliphatic heterocycles. The fourth-order valence-electron chi connectivity index (χ4n) is 2.41. The van der Waals surface area contributed by atoms with Gasteiger partial charge in [-0.2, -0.15) is 0 Å². The van der Waals surface area contributed by atoms with Gasteiger partial charge in [0.1, 0.15) is 0 Å². The zero-order valence-corrected chi connectivity index (χ0v) is 14.7. The number of hydrogen-bond acceptors (Lipinski definition) is 5. The normalized spacial score (nSPS) is 19.3. The molecule has 0 saturated carbocycles. The summed E-state index contributed by atoms with van der Waals surface area (Å²) in [6.45, 7) is 6.29. The molecule has 2 unspecified atom stereocenters. The van der Waals surface area contributed by atoms with Crippen molar-refractivity contribution in [3.05, 3.63) is 35.9 Å². The van der Waals surface area contributed by atoms with Crippen LogP contribution in [0.3, 0.4) is 0 Å². The molecule has 1 aromatic rings. The molecule has 0 bridgehead atoms. The lowest BCUT2D eigenvalue weighted by Crippen LogP contribution is -2.24. The van der Waals surface area contributed by atoms with Gasteiger partial charge in [0.15, 0.2) is 6.29 Å². The summed E-state index contributed by atoms with van der Waals surface area (Å²) in [5.74, 6) is 0. The van der Waals surface area contributed by atoms with Gasteiger partial charge in [0.05, 0.1) is 45.7 Å². The first-order chi connectivity index (χ1) is 11.8. The standard InChI is InChI=1S/C19H30O5/c1-17(24-16-18-7-3-2-4-8-18)15-21-12-11-20-13-14-23-19-9-5-6-10-22-19/h2-4,7-8,17,19H,5-6,9-16H2,1H3. The Labute approximate surface area is 145 Å². The van der Waals surface area contributed by atoms with E-state index in [0.717, 1.165) is 19.4 Å². The highest BCUT2D eigenvalue weighted by Gasteiger charge is 2.13. The first kappa shape index (κ1) is 19.3. The third-order valence-electron chi connectivity index (χ3n) is 3.77. The molecule has 1 aromatic carbocycles. The van der Waals surface area contributed by atoms with Crippen LogP contribution in [0.1, 0.15) is 31.7 Å². The van der Waals surface area contributed by atoms with Crippen LogP contribution in [0.25, 0.3) is 0 Å². The van der Waals surface area contributed by atoms with Gasteiger partial charge in [-0.05, 0) is 31.7 Å². The highest BCUT2D eigenvalue weighted by Crippen LogP contribution is 2.13. The molecule has 1 fully saturated rings. The second-order valence-corrected chi connectivity index (χ2v) is 5.96. The van der Waals surface area contributed by atoms with E-state index >= 15 is 0 Å². The van der Waals surface area contributed by atoms with E-state index in [0.29, 0.717) is 39.6 Å². The molecule has 5 heteroatoms. The summed E-state index contributed by atoms with van der Waals surface area (Å²) in [5, 5.41) is 0. The first-order valence-corrected chi connectivity index (χ1v) is 8.89. The summed E-state index contributed by atoms with van der Waals surface area (Å²) in [7, 11) is 0. The predicted octanol–water partition coefficient (Wildman–Crippen LogP) is 3.17. The van der Waals surface area contributed by atoms with Crippen LogP contribution in [0.2, 0.25) is 0 Å². The SMILES string of the molecule is CC(COCCOCCOC1CCCCO1)OCc1ccccc1. The van der Waals surface area contributed by atoms with E-state index in [9.17, 15) is 0 Å². The first-order valence-electron chi connectivity index (χ1n) is 8.89. The van der Waals surface area contributed by atoms with Crippen LogP contribution in [0.15, 0.2) is 30.3 Å². The Hall–Kier alpha value is -0.980. The summed E-state index contributed by atoms with van der Waals surface area (Å²) < 4.78 is 27.9. The van der Waals surface area contributed by atoms with Gasteiger partial charge in [0.25, 0.3) is 0 Å². The lowest BCUT2D eigenvalue weighted by atomic mass is 10.2. The van der Waals surface area contributed by atoms with Gasteiger partial charge >= 0.3 is 0 Å². The van der Waals surface area contributed by atoms with Crippen molar-refractivity contribution >= 4 is 0 Å². The molecule has 1 aliphatic rings. The third kappa shape index (κ3) is 8.76. The van der Waals surface area contributed by atoms with Gasteiger partial charge in [-0.15, -0.1) is 0 Å². The summed E-state index contributed by atoms with van der Waals surface area (Å²) >= 11 is 0. The van der Waals surface area contributed by atoms with E-state index in [1.165, 1.54) is 12.0 Å². The van der Waals surface area contributed by atoms with E-state index < -0.39 is 0 Å². The molecule has 24 heavy (non-hydrogen) atoms. The summed E-state index contributed by atoms with van der Waals surface area (Å²) in [5.41, 5.74) is 1.18. The second kappa shape index (κ2) is 12.4. The van der Waals surface area contributed by atoms with E-state index in [1.807, 2.05) is 25.1 Å². The zero-order valence-electron chi connectivity index (χ0n) is 14.7. The van der Waals surface area contributed by atoms with Crippen LogP contribution in [-0.2, 0) is 30.3 Å². The number of hydrogen-bond donors (Lipinski definition) is 0. The largest absolute Gasteiger partial charge is 0.377 e. The molecule has 2 rings (SSSR count). The van der Waals surface area contributed by atoms with Crippen molar-refractivity contribution in [2.24, 2.45) is 0 Å². The minimum atomic E-state index is -0.0405. The summed E-state index contributed by atoms with van der Waals surface area (Å²) in [4.78, 5) is 0. The molecule has 136 valence electrons. The Kier molecular flexibility index (Phi) is 9.99. The lowest BCUT2D eigenvalue weighted by molar-refractivity contribution is -0.169. The molecule has 0 aromatic heterocycles. The van der Waals surface area contributed by atoms with Crippen molar-refractivity contribution in [1.82, 2.24) is 0 Å². The third-order valence-corrected chi connectivity index (χ3v) is 3.77. The van der Waals surface area contributed by atoms with Crippen molar-refractivity contribution in [3.8, 4) is 0 Å². The van der Waals surface area contributed by atoms with Gasteiger partial charge in [-0.3, -0.25) is 0 Å². The Morgan fingerprint density at radius 1 is 1.04 bits per heavy atom. The second-order valence-electron chi connectivity index (χ2n) is 5.96. The minimum Gasteiger partial charge on any atom is -0.377 e. The van der Waals surface area contributed by atoms with Crippen LogP contribution < -0.4 is 0 Å². The number of benzene rings is 1. The molecule has 1 saturated heterocycles. The van der Waals surface area contributed by atoms with Crippen molar-refractivity contribution in [2.45, 2.75) is 45.2 Å². The molecule has 0 spiro atoms. The van der Waals surface area contributed by atoms with E-state index in [1.54, 1.807) is 0 Å². The molecular formula is C19H30O5. The van der Waals surface area contributed by atoms with E-state index in [2.05, 4.69) is 12.1 Å². The average Bonchev–Trinajstić information content (AvgIpc) is 2.64. The van der Waals surface area contributed by atoms with Crippen LogP contribution >= 0.6 is 0 Å². The zero-order chi connectivity index (χ0) is 16.9. The van der Waals surface area contributed by atoms with Crippen LogP contribution in [0.4, 0.5) is 0 Å². The molecule has 0 radical (unpaired) electrons. The average molecular weight is 338 g/mol. The maximum atomic E-state index is 5.74. The Bertz CT molecular complexity index is 405. The van der Waals surface area contributed by atoms with Gasteiger partial charge in [-0.1, -0.05) is 30.3 Å². The van der Waals surface area contributed by atoms with Gasteiger partial charge in [-0.25, -0.2) is 0 Å². The summed E-state index contributed by atoms with van der Waals surface area (Å²) in [6, 6.07) is 10.1. The fraction of sp³-hybridized carbons (Fsp3) is 0.684. The van der Waals surface area contributed by atoms with Crippen LogP contribution in [0.5, 0.6) is 0 Å². The highest BCUT2D eigenvalue weighted by atomic mass is 16.7. The highest BCUT2D eigenvalue weighted by molar-refractivity contribution is 5.13. The lowest BCUT2D eigenvalue weighted by Gasteiger charge is -2.22. The van der Waals surface area contributed by atoms with Crippen molar-refractivity contribution in [2.75, 3.05) is 39.6 Å². The number of rotatable bonds is 12. The smallest absolute Gasteiger partial charge is 0.157 e. The molecule has 0 amide bonds. The number of ether oxygens (including phenoxy) is 5. The molecule has 2 atom stereocenters. The fourth-order valence-corrected chi connectivity index (χ4v) is 2.41.